The van der Waals surface area contributed by atoms with Gasteiger partial charge in [-0.1, -0.05) is 0 Å². The molecule has 0 bridgehead atoms. The summed E-state index contributed by atoms with van der Waals surface area (Å²) in [5.41, 5.74) is 1.22. The van der Waals surface area contributed by atoms with Crippen molar-refractivity contribution in [3.05, 3.63) is 46.7 Å². The monoisotopic (exact) mass is 319 g/mol. The molecule has 2 rings (SSSR count). The largest absolute Gasteiger partial charge is 0.466 e. The fourth-order valence-corrected chi connectivity index (χ4v) is 2.61. The van der Waals surface area contributed by atoms with Gasteiger partial charge in [0.1, 0.15) is 22.8 Å². The fourth-order valence-electron chi connectivity index (χ4n) is 2.61. The minimum Gasteiger partial charge on any atom is -0.466 e. The van der Waals surface area contributed by atoms with E-state index in [0.717, 1.165) is 22.8 Å². The van der Waals surface area contributed by atoms with Gasteiger partial charge in [0.25, 0.3) is 5.91 Å². The molecule has 6 heteroatoms. The summed E-state index contributed by atoms with van der Waals surface area (Å²) in [7, 11) is 3.43. The molecule has 0 spiro atoms. The Morgan fingerprint density at radius 1 is 1.39 bits per heavy atom. The molecular weight excluding hydrogens is 294 g/mol. The van der Waals surface area contributed by atoms with Crippen LogP contribution in [0.5, 0.6) is 0 Å². The molecule has 0 aliphatic heterocycles. The lowest BCUT2D eigenvalue weighted by Gasteiger charge is -2.23. The van der Waals surface area contributed by atoms with Gasteiger partial charge in [-0.15, -0.1) is 0 Å². The number of furan rings is 1. The van der Waals surface area contributed by atoms with Crippen molar-refractivity contribution in [2.75, 3.05) is 20.6 Å². The second-order valence-electron chi connectivity index (χ2n) is 6.30. The van der Waals surface area contributed by atoms with E-state index in [1.54, 1.807) is 27.1 Å². The average molecular weight is 319 g/mol. The molecule has 6 nitrogen and oxygen atoms in total. The number of aromatic amines is 1. The molecule has 0 aliphatic carbocycles. The zero-order valence-corrected chi connectivity index (χ0v) is 14.4. The zero-order chi connectivity index (χ0) is 17.2. The lowest BCUT2D eigenvalue weighted by Crippen LogP contribution is -2.35. The highest BCUT2D eigenvalue weighted by Crippen LogP contribution is 2.26. The normalized spacial score (nSPS) is 13.8. The first-order chi connectivity index (χ1) is 10.7. The van der Waals surface area contributed by atoms with Crippen molar-refractivity contribution >= 4 is 5.91 Å². The van der Waals surface area contributed by atoms with Crippen LogP contribution in [0.15, 0.2) is 22.6 Å². The van der Waals surface area contributed by atoms with Crippen LogP contribution in [-0.4, -0.2) is 41.5 Å². The number of aromatic nitrogens is 1. The van der Waals surface area contributed by atoms with Gasteiger partial charge in [-0.05, 0) is 39.0 Å². The summed E-state index contributed by atoms with van der Waals surface area (Å²) in [6, 6.07) is 5.49. The van der Waals surface area contributed by atoms with E-state index in [0.29, 0.717) is 18.8 Å². The molecule has 1 unspecified atom stereocenters. The zero-order valence-electron chi connectivity index (χ0n) is 14.4. The fraction of sp³-hybridized carbons (Fsp3) is 0.471. The molecule has 2 aromatic heterocycles. The van der Waals surface area contributed by atoms with Crippen molar-refractivity contribution in [3.63, 3.8) is 0 Å². The maximum Gasteiger partial charge on any atom is 0.269 e. The predicted octanol–water partition coefficient (Wildman–Crippen LogP) is 1.92. The van der Waals surface area contributed by atoms with Crippen LogP contribution in [-0.2, 0) is 12.1 Å². The van der Waals surface area contributed by atoms with Crippen LogP contribution in [0.2, 0.25) is 0 Å². The summed E-state index contributed by atoms with van der Waals surface area (Å²) >= 11 is 0. The molecule has 1 amide bonds. The number of aryl methyl sites for hydroxylation is 2. The average Bonchev–Trinajstić information content (AvgIpc) is 3.04. The maximum atomic E-state index is 11.8. The molecule has 0 saturated carbocycles. The number of nitrogens with zero attached hydrogens (tertiary/aromatic N) is 1. The second-order valence-corrected chi connectivity index (χ2v) is 6.30. The number of hydrogen-bond acceptors (Lipinski definition) is 4. The van der Waals surface area contributed by atoms with E-state index in [2.05, 4.69) is 10.3 Å². The van der Waals surface area contributed by atoms with Gasteiger partial charge in [0.05, 0.1) is 0 Å². The van der Waals surface area contributed by atoms with Crippen molar-refractivity contribution in [2.45, 2.75) is 32.9 Å². The van der Waals surface area contributed by atoms with E-state index in [9.17, 15) is 9.90 Å². The Balaban J connectivity index is 1.94. The van der Waals surface area contributed by atoms with E-state index in [4.69, 9.17) is 4.42 Å². The molecule has 0 saturated heterocycles. The highest BCUT2D eigenvalue weighted by atomic mass is 16.3. The summed E-state index contributed by atoms with van der Waals surface area (Å²) in [6.07, 6.45) is 0. The smallest absolute Gasteiger partial charge is 0.269 e. The van der Waals surface area contributed by atoms with E-state index in [1.807, 2.05) is 26.0 Å². The lowest BCUT2D eigenvalue weighted by molar-refractivity contribution is 0.0551. The van der Waals surface area contributed by atoms with E-state index in [1.165, 1.54) is 4.90 Å². The molecule has 0 aromatic carbocycles. The van der Waals surface area contributed by atoms with E-state index in [-0.39, 0.29) is 5.91 Å². The molecule has 0 radical (unpaired) electrons. The molecule has 2 aromatic rings. The van der Waals surface area contributed by atoms with Crippen LogP contribution in [0.1, 0.15) is 40.2 Å². The van der Waals surface area contributed by atoms with Crippen molar-refractivity contribution in [1.82, 2.24) is 15.2 Å². The number of rotatable bonds is 6. The summed E-state index contributed by atoms with van der Waals surface area (Å²) < 4.78 is 5.48. The van der Waals surface area contributed by atoms with Crippen molar-refractivity contribution in [2.24, 2.45) is 0 Å². The van der Waals surface area contributed by atoms with Gasteiger partial charge in [0.15, 0.2) is 0 Å². The van der Waals surface area contributed by atoms with Gasteiger partial charge < -0.3 is 24.7 Å². The molecule has 3 N–H and O–H groups in total. The van der Waals surface area contributed by atoms with Crippen LogP contribution < -0.4 is 5.32 Å². The number of carbonyl (C=O) groups excluding carboxylic acids is 1. The van der Waals surface area contributed by atoms with Crippen molar-refractivity contribution < 1.29 is 14.3 Å². The molecule has 0 fully saturated rings. The van der Waals surface area contributed by atoms with Crippen molar-refractivity contribution in [1.29, 1.82) is 0 Å². The minimum absolute atomic E-state index is 0.0623. The topological polar surface area (TPSA) is 81.5 Å². The lowest BCUT2D eigenvalue weighted by atomic mass is 9.96. The Bertz CT molecular complexity index is 683. The summed E-state index contributed by atoms with van der Waals surface area (Å²) in [4.78, 5) is 16.4. The first-order valence-electron chi connectivity index (χ1n) is 7.61. The highest BCUT2D eigenvalue weighted by molar-refractivity contribution is 5.92. The Hall–Kier alpha value is -2.05. The number of H-pyrrole nitrogens is 1. The minimum atomic E-state index is -1.02. The van der Waals surface area contributed by atoms with Crippen molar-refractivity contribution in [3.8, 4) is 0 Å². The number of nitrogens with one attached hydrogen (secondary N) is 2. The van der Waals surface area contributed by atoms with Gasteiger partial charge in [0, 0.05) is 38.4 Å². The Labute approximate surface area is 136 Å². The number of hydrogen-bond donors (Lipinski definition) is 3. The first kappa shape index (κ1) is 17.3. The van der Waals surface area contributed by atoms with E-state index < -0.39 is 5.60 Å². The van der Waals surface area contributed by atoms with Gasteiger partial charge in [0.2, 0.25) is 0 Å². The first-order valence-corrected chi connectivity index (χ1v) is 7.61. The quantitative estimate of drug-likeness (QED) is 0.760. The molecule has 126 valence electrons. The van der Waals surface area contributed by atoms with E-state index >= 15 is 0 Å². The Kier molecular flexibility index (Phi) is 4.97. The van der Waals surface area contributed by atoms with Crippen LogP contribution in [0, 0.1) is 13.8 Å². The van der Waals surface area contributed by atoms with Crippen LogP contribution in [0.4, 0.5) is 0 Å². The van der Waals surface area contributed by atoms with Gasteiger partial charge in [-0.2, -0.15) is 0 Å². The molecule has 1 atom stereocenters. The number of amides is 1. The molecule has 23 heavy (non-hydrogen) atoms. The molecular formula is C17H25N3O3. The predicted molar refractivity (Wildman–Crippen MR) is 88.3 cm³/mol. The molecule has 0 aliphatic rings. The maximum absolute atomic E-state index is 11.8. The number of aliphatic hydroxyl groups is 1. The standard InChI is InChI=1S/C17H25N3O3/c1-11-8-14(12(2)23-11)17(3,22)10-18-9-13-6-7-15(19-13)16(21)20(4)5/h6-8,18-19,22H,9-10H2,1-5H3. The number of carbonyl (C=O) groups is 1. The summed E-state index contributed by atoms with van der Waals surface area (Å²) in [5.74, 6) is 1.45. The second kappa shape index (κ2) is 6.60. The summed E-state index contributed by atoms with van der Waals surface area (Å²) in [5, 5.41) is 13.8. The van der Waals surface area contributed by atoms with Gasteiger partial charge in [-0.3, -0.25) is 4.79 Å². The third-order valence-electron chi connectivity index (χ3n) is 3.79. The van der Waals surface area contributed by atoms with Gasteiger partial charge in [-0.25, -0.2) is 0 Å². The molecule has 2 heterocycles. The third kappa shape index (κ3) is 4.03. The highest BCUT2D eigenvalue weighted by Gasteiger charge is 2.27. The Morgan fingerprint density at radius 2 is 2.09 bits per heavy atom. The van der Waals surface area contributed by atoms with Crippen LogP contribution >= 0.6 is 0 Å². The van der Waals surface area contributed by atoms with Crippen LogP contribution in [0.25, 0.3) is 0 Å². The van der Waals surface area contributed by atoms with Crippen LogP contribution in [0.3, 0.4) is 0 Å². The third-order valence-corrected chi connectivity index (χ3v) is 3.79. The summed E-state index contributed by atoms with van der Waals surface area (Å²) in [6.45, 7) is 6.38. The SMILES string of the molecule is Cc1cc(C(C)(O)CNCc2ccc(C(=O)N(C)C)[nH]2)c(C)o1. The van der Waals surface area contributed by atoms with Gasteiger partial charge >= 0.3 is 0 Å². The Morgan fingerprint density at radius 3 is 2.65 bits per heavy atom.